The molecule has 0 aromatic carbocycles. The summed E-state index contributed by atoms with van der Waals surface area (Å²) in [5.41, 5.74) is 1.64. The summed E-state index contributed by atoms with van der Waals surface area (Å²) in [5, 5.41) is 29.3. The van der Waals surface area contributed by atoms with E-state index >= 15 is 0 Å². The van der Waals surface area contributed by atoms with E-state index in [1.807, 2.05) is 6.08 Å². The first-order chi connectivity index (χ1) is 12.1. The molecule has 3 fully saturated rings. The molecule has 7 atom stereocenters. The van der Waals surface area contributed by atoms with E-state index in [1.165, 1.54) is 5.57 Å². The van der Waals surface area contributed by atoms with E-state index in [0.29, 0.717) is 30.0 Å². The molecule has 26 heavy (non-hydrogen) atoms. The van der Waals surface area contributed by atoms with E-state index in [2.05, 4.69) is 13.8 Å². The van der Waals surface area contributed by atoms with Gasteiger partial charge in [-0.25, -0.2) is 0 Å². The number of hydrogen-bond acceptors (Lipinski definition) is 4. The number of aliphatic hydroxyl groups is 3. The number of carbonyl (C=O) groups excluding carboxylic acids is 1. The molecule has 146 valence electrons. The Balaban J connectivity index is 1.62. The van der Waals surface area contributed by atoms with E-state index in [4.69, 9.17) is 0 Å². The van der Waals surface area contributed by atoms with Crippen LogP contribution in [0.2, 0.25) is 0 Å². The number of rotatable bonds is 2. The van der Waals surface area contributed by atoms with Gasteiger partial charge in [-0.15, -0.1) is 0 Å². The summed E-state index contributed by atoms with van der Waals surface area (Å²) < 4.78 is 0. The standard InChI is InChI=1S/C22H34O4/c1-13(22(24,25)26)17-6-7-18-16-5-4-14-12-15(23)8-10-20(14,2)19(16)9-11-21(17,18)3/h12-13,16-19,24-26H,4-11H2,1-3H3/t13?,16-,17+,18-,19-,20-,21+/m0/s1. The van der Waals surface area contributed by atoms with Gasteiger partial charge in [0.15, 0.2) is 5.78 Å². The molecule has 0 radical (unpaired) electrons. The quantitative estimate of drug-likeness (QED) is 0.658. The fraction of sp³-hybridized carbons (Fsp3) is 0.864. The van der Waals surface area contributed by atoms with Gasteiger partial charge in [-0.1, -0.05) is 26.3 Å². The third kappa shape index (κ3) is 2.56. The van der Waals surface area contributed by atoms with Crippen LogP contribution < -0.4 is 0 Å². The minimum absolute atomic E-state index is 0.0715. The lowest BCUT2D eigenvalue weighted by molar-refractivity contribution is -0.351. The SMILES string of the molecule is CC([C@H]1CC[C@H]2[C@@H]3CCC4=CC(=O)CC[C@]4(C)[C@H]3CC[C@]12C)C(O)(O)O. The van der Waals surface area contributed by atoms with E-state index in [1.54, 1.807) is 6.92 Å². The Bertz CT molecular complexity index is 633. The first-order valence-corrected chi connectivity index (χ1v) is 10.5. The monoisotopic (exact) mass is 362 g/mol. The molecule has 4 aliphatic carbocycles. The van der Waals surface area contributed by atoms with Crippen LogP contribution in [0.15, 0.2) is 11.6 Å². The van der Waals surface area contributed by atoms with Crippen LogP contribution in [-0.2, 0) is 4.79 Å². The molecule has 0 amide bonds. The van der Waals surface area contributed by atoms with Crippen molar-refractivity contribution >= 4 is 5.78 Å². The summed E-state index contributed by atoms with van der Waals surface area (Å²) >= 11 is 0. The van der Waals surface area contributed by atoms with Gasteiger partial charge in [-0.2, -0.15) is 0 Å². The second-order valence-corrected chi connectivity index (χ2v) is 10.2. The molecule has 0 saturated heterocycles. The van der Waals surface area contributed by atoms with Crippen LogP contribution in [0.25, 0.3) is 0 Å². The maximum absolute atomic E-state index is 11.9. The Morgan fingerprint density at radius 2 is 1.77 bits per heavy atom. The smallest absolute Gasteiger partial charge is 0.278 e. The molecule has 3 saturated carbocycles. The first kappa shape index (κ1) is 18.6. The number of carbonyl (C=O) groups is 1. The highest BCUT2D eigenvalue weighted by Gasteiger charge is 2.60. The Labute approximate surface area is 156 Å². The molecule has 4 nitrogen and oxygen atoms in total. The van der Waals surface area contributed by atoms with Crippen molar-refractivity contribution in [1.29, 1.82) is 0 Å². The van der Waals surface area contributed by atoms with E-state index in [9.17, 15) is 20.1 Å². The van der Waals surface area contributed by atoms with Crippen molar-refractivity contribution in [1.82, 2.24) is 0 Å². The Morgan fingerprint density at radius 3 is 2.46 bits per heavy atom. The van der Waals surface area contributed by atoms with Crippen molar-refractivity contribution < 1.29 is 20.1 Å². The first-order valence-electron chi connectivity index (χ1n) is 10.5. The molecule has 0 spiro atoms. The summed E-state index contributed by atoms with van der Waals surface area (Å²) in [5.74, 6) is -0.778. The number of fused-ring (bicyclic) bond motifs is 5. The Morgan fingerprint density at radius 1 is 1.04 bits per heavy atom. The van der Waals surface area contributed by atoms with Crippen molar-refractivity contribution in [3.05, 3.63) is 11.6 Å². The van der Waals surface area contributed by atoms with Crippen LogP contribution in [0, 0.1) is 40.4 Å². The summed E-state index contributed by atoms with van der Waals surface area (Å²) in [4.78, 5) is 11.9. The zero-order valence-corrected chi connectivity index (χ0v) is 16.4. The average molecular weight is 363 g/mol. The molecule has 0 aromatic heterocycles. The minimum atomic E-state index is -2.59. The third-order valence-electron chi connectivity index (χ3n) is 9.25. The van der Waals surface area contributed by atoms with Gasteiger partial charge < -0.3 is 15.3 Å². The van der Waals surface area contributed by atoms with Gasteiger partial charge in [-0.3, -0.25) is 4.79 Å². The molecule has 0 aliphatic heterocycles. The Kier molecular flexibility index (Phi) is 4.22. The molecule has 1 unspecified atom stereocenters. The van der Waals surface area contributed by atoms with Gasteiger partial charge in [0.1, 0.15) is 0 Å². The van der Waals surface area contributed by atoms with Gasteiger partial charge in [0, 0.05) is 12.3 Å². The zero-order valence-electron chi connectivity index (χ0n) is 16.4. The second kappa shape index (κ2) is 5.89. The predicted octanol–water partition coefficient (Wildman–Crippen LogP) is 3.40. The van der Waals surface area contributed by atoms with Crippen molar-refractivity contribution in [2.45, 2.75) is 78.1 Å². The number of hydrogen-bond donors (Lipinski definition) is 3. The molecule has 0 heterocycles. The molecule has 3 N–H and O–H groups in total. The largest absolute Gasteiger partial charge is 0.343 e. The van der Waals surface area contributed by atoms with Crippen LogP contribution in [0.1, 0.15) is 72.1 Å². The molecular formula is C22H34O4. The molecule has 0 bridgehead atoms. The normalized spacial score (nSPS) is 46.8. The Hall–Kier alpha value is -0.710. The second-order valence-electron chi connectivity index (χ2n) is 10.2. The van der Waals surface area contributed by atoms with Gasteiger partial charge in [0.25, 0.3) is 5.97 Å². The van der Waals surface area contributed by atoms with Crippen LogP contribution in [0.4, 0.5) is 0 Å². The van der Waals surface area contributed by atoms with Crippen molar-refractivity contribution in [3.63, 3.8) is 0 Å². The maximum Gasteiger partial charge on any atom is 0.278 e. The molecule has 4 aliphatic rings. The molecule has 4 heteroatoms. The fourth-order valence-corrected chi connectivity index (χ4v) is 7.69. The highest BCUT2D eigenvalue weighted by molar-refractivity contribution is 5.91. The summed E-state index contributed by atoms with van der Waals surface area (Å²) in [6, 6.07) is 0. The van der Waals surface area contributed by atoms with E-state index in [0.717, 1.165) is 44.9 Å². The van der Waals surface area contributed by atoms with Crippen molar-refractivity contribution in [2.24, 2.45) is 40.4 Å². The van der Waals surface area contributed by atoms with Crippen molar-refractivity contribution in [2.75, 3.05) is 0 Å². The van der Waals surface area contributed by atoms with Gasteiger partial charge in [0.05, 0.1) is 0 Å². The van der Waals surface area contributed by atoms with Crippen LogP contribution >= 0.6 is 0 Å². The van der Waals surface area contributed by atoms with Gasteiger partial charge in [0.2, 0.25) is 0 Å². The fourth-order valence-electron chi connectivity index (χ4n) is 7.69. The third-order valence-corrected chi connectivity index (χ3v) is 9.25. The molecule has 4 rings (SSSR count). The summed E-state index contributed by atoms with van der Waals surface area (Å²) in [6.45, 7) is 6.49. The van der Waals surface area contributed by atoms with Gasteiger partial charge in [-0.05, 0) is 85.5 Å². The zero-order chi connectivity index (χ0) is 18.9. The highest BCUT2D eigenvalue weighted by atomic mass is 16.7. The number of allylic oxidation sites excluding steroid dienone is 1. The van der Waals surface area contributed by atoms with Gasteiger partial charge >= 0.3 is 0 Å². The average Bonchev–Trinajstić information content (AvgIpc) is 2.91. The maximum atomic E-state index is 11.9. The van der Waals surface area contributed by atoms with Crippen LogP contribution in [0.5, 0.6) is 0 Å². The summed E-state index contributed by atoms with van der Waals surface area (Å²) in [7, 11) is 0. The van der Waals surface area contributed by atoms with E-state index < -0.39 is 11.9 Å². The van der Waals surface area contributed by atoms with E-state index in [-0.39, 0.29) is 16.7 Å². The minimum Gasteiger partial charge on any atom is -0.343 e. The highest BCUT2D eigenvalue weighted by Crippen LogP contribution is 2.67. The summed E-state index contributed by atoms with van der Waals surface area (Å²) in [6.07, 6.45) is 10.2. The molecule has 0 aromatic rings. The predicted molar refractivity (Wildman–Crippen MR) is 98.8 cm³/mol. The van der Waals surface area contributed by atoms with Crippen LogP contribution in [-0.4, -0.2) is 27.1 Å². The number of ketones is 1. The van der Waals surface area contributed by atoms with Crippen LogP contribution in [0.3, 0.4) is 0 Å². The lowest BCUT2D eigenvalue weighted by Crippen LogP contribution is -2.52. The lowest BCUT2D eigenvalue weighted by Gasteiger charge is -2.58. The van der Waals surface area contributed by atoms with Crippen molar-refractivity contribution in [3.8, 4) is 0 Å². The molecular weight excluding hydrogens is 328 g/mol. The topological polar surface area (TPSA) is 77.8 Å². The lowest BCUT2D eigenvalue weighted by atomic mass is 9.46.